The number of hydrogen-bond donors (Lipinski definition) is 1. The Morgan fingerprint density at radius 2 is 1.59 bits per heavy atom. The number of nitrogens with zero attached hydrogens (tertiary/aromatic N) is 3. The number of benzene rings is 3. The standard InChI is InChI=1S/C26H26N4OS/c1-17-14-15-18(2)22(16-17)27-25(31)24(21-11-6-5-7-12-21)32-26-29-28-20(4)30(26)23-13-9-8-10-19(23)3/h5-16,24H,1-4H3,(H,27,31). The van der Waals surface area contributed by atoms with E-state index >= 15 is 0 Å². The minimum atomic E-state index is -0.484. The lowest BCUT2D eigenvalue weighted by molar-refractivity contribution is -0.115. The second kappa shape index (κ2) is 9.40. The minimum Gasteiger partial charge on any atom is -0.325 e. The number of amides is 1. The summed E-state index contributed by atoms with van der Waals surface area (Å²) in [5.41, 5.74) is 6.00. The fraction of sp³-hybridized carbons (Fsp3) is 0.192. The molecular weight excluding hydrogens is 416 g/mol. The maximum atomic E-state index is 13.5. The van der Waals surface area contributed by atoms with Gasteiger partial charge in [0.25, 0.3) is 0 Å². The van der Waals surface area contributed by atoms with Gasteiger partial charge in [0, 0.05) is 5.69 Å². The van der Waals surface area contributed by atoms with Crippen LogP contribution in [0.5, 0.6) is 0 Å². The number of aromatic nitrogens is 3. The Kier molecular flexibility index (Phi) is 6.42. The van der Waals surface area contributed by atoms with Crippen LogP contribution in [0.2, 0.25) is 0 Å². The van der Waals surface area contributed by atoms with Crippen LogP contribution in [0.3, 0.4) is 0 Å². The van der Waals surface area contributed by atoms with Gasteiger partial charge in [0.1, 0.15) is 11.1 Å². The first-order chi connectivity index (χ1) is 15.4. The third kappa shape index (κ3) is 4.60. The predicted molar refractivity (Wildman–Crippen MR) is 130 cm³/mol. The van der Waals surface area contributed by atoms with Gasteiger partial charge in [-0.05, 0) is 62.1 Å². The molecule has 1 N–H and O–H groups in total. The van der Waals surface area contributed by atoms with E-state index in [0.29, 0.717) is 5.16 Å². The van der Waals surface area contributed by atoms with Crippen molar-refractivity contribution in [2.24, 2.45) is 0 Å². The highest BCUT2D eigenvalue weighted by Gasteiger charge is 2.26. The van der Waals surface area contributed by atoms with Crippen molar-refractivity contribution in [1.29, 1.82) is 0 Å². The lowest BCUT2D eigenvalue weighted by atomic mass is 10.1. The van der Waals surface area contributed by atoms with Gasteiger partial charge < -0.3 is 5.32 Å². The van der Waals surface area contributed by atoms with E-state index in [2.05, 4.69) is 28.5 Å². The van der Waals surface area contributed by atoms with Crippen molar-refractivity contribution in [3.05, 3.63) is 101 Å². The Labute approximate surface area is 192 Å². The first kappa shape index (κ1) is 21.8. The first-order valence-electron chi connectivity index (χ1n) is 10.5. The number of anilines is 1. The van der Waals surface area contributed by atoms with E-state index in [-0.39, 0.29) is 5.91 Å². The molecule has 0 aliphatic heterocycles. The molecule has 0 spiro atoms. The minimum absolute atomic E-state index is 0.0908. The highest BCUT2D eigenvalue weighted by atomic mass is 32.2. The molecular formula is C26H26N4OS. The molecule has 32 heavy (non-hydrogen) atoms. The zero-order valence-electron chi connectivity index (χ0n) is 18.7. The van der Waals surface area contributed by atoms with Crippen LogP contribution in [0.4, 0.5) is 5.69 Å². The van der Waals surface area contributed by atoms with E-state index < -0.39 is 5.25 Å². The molecule has 6 heteroatoms. The van der Waals surface area contributed by atoms with E-state index in [1.54, 1.807) is 0 Å². The number of nitrogens with one attached hydrogen (secondary N) is 1. The van der Waals surface area contributed by atoms with Crippen LogP contribution < -0.4 is 5.32 Å². The number of carbonyl (C=O) groups excluding carboxylic acids is 1. The number of carbonyl (C=O) groups is 1. The Bertz CT molecular complexity index is 1250. The SMILES string of the molecule is Cc1ccc(C)c(NC(=O)C(Sc2nnc(C)n2-c2ccccc2C)c2ccccc2)c1. The van der Waals surface area contributed by atoms with E-state index in [0.717, 1.165) is 39.5 Å². The summed E-state index contributed by atoms with van der Waals surface area (Å²) in [7, 11) is 0. The van der Waals surface area contributed by atoms with Crippen LogP contribution in [-0.4, -0.2) is 20.7 Å². The molecule has 0 saturated carbocycles. The molecule has 0 radical (unpaired) electrons. The van der Waals surface area contributed by atoms with Gasteiger partial charge in [0.15, 0.2) is 5.16 Å². The van der Waals surface area contributed by atoms with Gasteiger partial charge in [-0.3, -0.25) is 9.36 Å². The normalized spacial score (nSPS) is 11.9. The highest BCUT2D eigenvalue weighted by molar-refractivity contribution is 8.00. The van der Waals surface area contributed by atoms with Crippen molar-refractivity contribution in [3.63, 3.8) is 0 Å². The van der Waals surface area contributed by atoms with Crippen molar-refractivity contribution in [2.75, 3.05) is 5.32 Å². The number of hydrogen-bond acceptors (Lipinski definition) is 4. The topological polar surface area (TPSA) is 59.8 Å². The predicted octanol–water partition coefficient (Wildman–Crippen LogP) is 5.97. The molecule has 0 fully saturated rings. The summed E-state index contributed by atoms with van der Waals surface area (Å²) >= 11 is 1.41. The van der Waals surface area contributed by atoms with Crippen molar-refractivity contribution in [2.45, 2.75) is 38.1 Å². The number of aryl methyl sites for hydroxylation is 4. The summed E-state index contributed by atoms with van der Waals surface area (Å²) in [5, 5.41) is 12.1. The van der Waals surface area contributed by atoms with Crippen molar-refractivity contribution in [3.8, 4) is 5.69 Å². The average Bonchev–Trinajstić information content (AvgIpc) is 3.15. The Morgan fingerprint density at radius 1 is 0.875 bits per heavy atom. The van der Waals surface area contributed by atoms with Crippen LogP contribution in [0.1, 0.15) is 33.3 Å². The van der Waals surface area contributed by atoms with Gasteiger partial charge in [0.2, 0.25) is 5.91 Å². The van der Waals surface area contributed by atoms with Crippen molar-refractivity contribution in [1.82, 2.24) is 14.8 Å². The van der Waals surface area contributed by atoms with Crippen molar-refractivity contribution < 1.29 is 4.79 Å². The molecule has 1 unspecified atom stereocenters. The van der Waals surface area contributed by atoms with Crippen LogP contribution in [0.25, 0.3) is 5.69 Å². The summed E-state index contributed by atoms with van der Waals surface area (Å²) in [6.45, 7) is 8.01. The van der Waals surface area contributed by atoms with E-state index in [1.165, 1.54) is 11.8 Å². The molecule has 5 nitrogen and oxygen atoms in total. The molecule has 0 bridgehead atoms. The summed E-state index contributed by atoms with van der Waals surface area (Å²) in [4.78, 5) is 13.5. The summed E-state index contributed by atoms with van der Waals surface area (Å²) in [6, 6.07) is 24.0. The van der Waals surface area contributed by atoms with E-state index in [9.17, 15) is 4.79 Å². The van der Waals surface area contributed by atoms with Gasteiger partial charge in [0.05, 0.1) is 5.69 Å². The third-order valence-corrected chi connectivity index (χ3v) is 6.56. The molecule has 1 amide bonds. The fourth-order valence-electron chi connectivity index (χ4n) is 3.59. The lowest BCUT2D eigenvalue weighted by Gasteiger charge is -2.19. The number of para-hydroxylation sites is 1. The smallest absolute Gasteiger partial charge is 0.242 e. The maximum Gasteiger partial charge on any atom is 0.242 e. The van der Waals surface area contributed by atoms with Crippen LogP contribution in [0.15, 0.2) is 78.0 Å². The molecule has 4 rings (SSSR count). The Hall–Kier alpha value is -3.38. The van der Waals surface area contributed by atoms with Gasteiger partial charge in [-0.25, -0.2) is 0 Å². The van der Waals surface area contributed by atoms with Gasteiger partial charge in [-0.15, -0.1) is 10.2 Å². The molecule has 1 aromatic heterocycles. The summed E-state index contributed by atoms with van der Waals surface area (Å²) in [6.07, 6.45) is 0. The zero-order chi connectivity index (χ0) is 22.7. The first-order valence-corrected chi connectivity index (χ1v) is 11.4. The second-order valence-corrected chi connectivity index (χ2v) is 8.94. The molecule has 1 atom stereocenters. The molecule has 162 valence electrons. The summed E-state index contributed by atoms with van der Waals surface area (Å²) in [5.74, 6) is 0.690. The molecule has 0 aliphatic carbocycles. The van der Waals surface area contributed by atoms with Crippen LogP contribution >= 0.6 is 11.8 Å². The quantitative estimate of drug-likeness (QED) is 0.374. The zero-order valence-corrected chi connectivity index (χ0v) is 19.5. The lowest BCUT2D eigenvalue weighted by Crippen LogP contribution is -2.20. The average molecular weight is 443 g/mol. The number of rotatable bonds is 6. The van der Waals surface area contributed by atoms with Crippen LogP contribution in [0, 0.1) is 27.7 Å². The van der Waals surface area contributed by atoms with Gasteiger partial charge >= 0.3 is 0 Å². The monoisotopic (exact) mass is 442 g/mol. The van der Waals surface area contributed by atoms with Crippen LogP contribution in [-0.2, 0) is 4.79 Å². The molecule has 0 aliphatic rings. The maximum absolute atomic E-state index is 13.5. The third-order valence-electron chi connectivity index (χ3n) is 5.37. The van der Waals surface area contributed by atoms with E-state index in [4.69, 9.17) is 0 Å². The molecule has 4 aromatic rings. The molecule has 3 aromatic carbocycles. The Morgan fingerprint density at radius 3 is 2.34 bits per heavy atom. The second-order valence-electron chi connectivity index (χ2n) is 7.87. The molecule has 0 saturated heterocycles. The van der Waals surface area contributed by atoms with Crippen molar-refractivity contribution >= 4 is 23.4 Å². The fourth-order valence-corrected chi connectivity index (χ4v) is 4.68. The molecule has 1 heterocycles. The van der Waals surface area contributed by atoms with E-state index in [1.807, 2.05) is 92.1 Å². The Balaban J connectivity index is 1.71. The largest absolute Gasteiger partial charge is 0.325 e. The highest BCUT2D eigenvalue weighted by Crippen LogP contribution is 2.37. The summed E-state index contributed by atoms with van der Waals surface area (Å²) < 4.78 is 2.02. The number of thioether (sulfide) groups is 1. The van der Waals surface area contributed by atoms with Gasteiger partial charge in [-0.1, -0.05) is 72.4 Å². The van der Waals surface area contributed by atoms with Gasteiger partial charge in [-0.2, -0.15) is 0 Å².